The number of aliphatic hydroxyl groups excluding tert-OH is 1. The molecule has 0 spiro atoms. The molecule has 0 amide bonds. The SMILES string of the molecule is Nc1ncc(-c2ccc(-c3ccccc3S(=O)(=O)N[C@H]3CCCC[C@H]3O)cc2F)cn1. The molecule has 0 bridgehead atoms. The van der Waals surface area contributed by atoms with E-state index >= 15 is 0 Å². The highest BCUT2D eigenvalue weighted by atomic mass is 32.2. The lowest BCUT2D eigenvalue weighted by Crippen LogP contribution is -2.45. The minimum absolute atomic E-state index is 0.0377. The average Bonchev–Trinajstić information content (AvgIpc) is 2.76. The minimum Gasteiger partial charge on any atom is -0.391 e. The summed E-state index contributed by atoms with van der Waals surface area (Å²) in [6.45, 7) is 0. The second-order valence-corrected chi connectivity index (χ2v) is 9.28. The number of nitrogens with zero attached hydrogens (tertiary/aromatic N) is 2. The van der Waals surface area contributed by atoms with Gasteiger partial charge in [0.05, 0.1) is 11.0 Å². The first-order valence-corrected chi connectivity index (χ1v) is 11.5. The summed E-state index contributed by atoms with van der Waals surface area (Å²) in [7, 11) is -3.92. The molecule has 0 saturated heterocycles. The van der Waals surface area contributed by atoms with Crippen molar-refractivity contribution in [2.24, 2.45) is 0 Å². The Kier molecular flexibility index (Phi) is 5.99. The highest BCUT2D eigenvalue weighted by molar-refractivity contribution is 7.89. The van der Waals surface area contributed by atoms with E-state index in [0.29, 0.717) is 29.5 Å². The molecule has 0 radical (unpaired) electrons. The van der Waals surface area contributed by atoms with Gasteiger partial charge < -0.3 is 10.8 Å². The van der Waals surface area contributed by atoms with Crippen LogP contribution in [-0.4, -0.2) is 35.6 Å². The maximum Gasteiger partial charge on any atom is 0.241 e. The van der Waals surface area contributed by atoms with E-state index < -0.39 is 28.0 Å². The van der Waals surface area contributed by atoms with Crippen LogP contribution in [0.3, 0.4) is 0 Å². The molecular weight excluding hydrogens is 419 g/mol. The molecule has 1 aromatic heterocycles. The van der Waals surface area contributed by atoms with E-state index in [4.69, 9.17) is 5.73 Å². The first-order valence-electron chi connectivity index (χ1n) is 10.0. The van der Waals surface area contributed by atoms with Gasteiger partial charge in [-0.05, 0) is 30.5 Å². The first kappa shape index (κ1) is 21.4. The number of anilines is 1. The van der Waals surface area contributed by atoms with Crippen molar-refractivity contribution in [3.8, 4) is 22.3 Å². The minimum atomic E-state index is -3.92. The number of aromatic nitrogens is 2. The Morgan fingerprint density at radius 2 is 1.71 bits per heavy atom. The maximum absolute atomic E-state index is 14.9. The summed E-state index contributed by atoms with van der Waals surface area (Å²) in [6.07, 6.45) is 5.02. The molecule has 4 N–H and O–H groups in total. The molecule has 9 heteroatoms. The molecule has 2 aromatic carbocycles. The Morgan fingerprint density at radius 1 is 1.00 bits per heavy atom. The predicted molar refractivity (Wildman–Crippen MR) is 116 cm³/mol. The van der Waals surface area contributed by atoms with Crippen molar-refractivity contribution in [1.82, 2.24) is 14.7 Å². The zero-order valence-electron chi connectivity index (χ0n) is 16.7. The van der Waals surface area contributed by atoms with E-state index in [1.807, 2.05) is 0 Å². The molecule has 2 atom stereocenters. The van der Waals surface area contributed by atoms with E-state index in [-0.39, 0.29) is 16.4 Å². The van der Waals surface area contributed by atoms with Gasteiger partial charge in [-0.1, -0.05) is 43.2 Å². The normalized spacial score (nSPS) is 19.3. The van der Waals surface area contributed by atoms with Gasteiger partial charge in [0.15, 0.2) is 0 Å². The van der Waals surface area contributed by atoms with Crippen LogP contribution in [0.15, 0.2) is 59.8 Å². The number of hydrogen-bond acceptors (Lipinski definition) is 6. The van der Waals surface area contributed by atoms with Crippen LogP contribution in [0.25, 0.3) is 22.3 Å². The molecule has 31 heavy (non-hydrogen) atoms. The van der Waals surface area contributed by atoms with Crippen LogP contribution < -0.4 is 10.5 Å². The molecule has 7 nitrogen and oxygen atoms in total. The van der Waals surface area contributed by atoms with Crippen LogP contribution in [0, 0.1) is 5.82 Å². The molecule has 1 aliphatic rings. The van der Waals surface area contributed by atoms with E-state index in [9.17, 15) is 17.9 Å². The number of halogens is 1. The van der Waals surface area contributed by atoms with E-state index in [2.05, 4.69) is 14.7 Å². The number of rotatable bonds is 5. The fourth-order valence-corrected chi connectivity index (χ4v) is 5.38. The zero-order valence-corrected chi connectivity index (χ0v) is 17.5. The Morgan fingerprint density at radius 3 is 2.42 bits per heavy atom. The third-order valence-electron chi connectivity index (χ3n) is 5.48. The van der Waals surface area contributed by atoms with Crippen LogP contribution in [-0.2, 0) is 10.0 Å². The topological polar surface area (TPSA) is 118 Å². The van der Waals surface area contributed by atoms with Gasteiger partial charge in [0, 0.05) is 35.1 Å². The summed E-state index contributed by atoms with van der Waals surface area (Å²) in [5.41, 5.74) is 7.02. The van der Waals surface area contributed by atoms with Crippen LogP contribution in [0.1, 0.15) is 25.7 Å². The highest BCUT2D eigenvalue weighted by Crippen LogP contribution is 2.32. The Balaban J connectivity index is 1.68. The summed E-state index contributed by atoms with van der Waals surface area (Å²) in [5.74, 6) is -0.441. The second-order valence-electron chi connectivity index (χ2n) is 7.60. The van der Waals surface area contributed by atoms with Gasteiger partial charge in [-0.15, -0.1) is 0 Å². The molecule has 3 aromatic rings. The monoisotopic (exact) mass is 442 g/mol. The van der Waals surface area contributed by atoms with E-state index in [1.165, 1.54) is 24.5 Å². The zero-order chi connectivity index (χ0) is 22.0. The second kappa shape index (κ2) is 8.70. The third kappa shape index (κ3) is 4.58. The van der Waals surface area contributed by atoms with Gasteiger partial charge in [0.25, 0.3) is 0 Å². The Bertz CT molecular complexity index is 1190. The number of sulfonamides is 1. The largest absolute Gasteiger partial charge is 0.391 e. The summed E-state index contributed by atoms with van der Waals surface area (Å²) < 4.78 is 43.7. The van der Waals surface area contributed by atoms with Crippen molar-refractivity contribution in [3.05, 3.63) is 60.7 Å². The first-order chi connectivity index (χ1) is 14.8. The molecule has 162 valence electrons. The van der Waals surface area contributed by atoms with Crippen molar-refractivity contribution >= 4 is 16.0 Å². The van der Waals surface area contributed by atoms with Gasteiger partial charge >= 0.3 is 0 Å². The Labute approximate surface area is 180 Å². The standard InChI is InChI=1S/C22H23FN4O3S/c23-18-11-14(9-10-16(18)15-12-25-22(24)26-13-15)17-5-1-4-8-21(17)31(29,30)27-19-6-2-3-7-20(19)28/h1,4-5,8-13,19-20,27-28H,2-3,6-7H2,(H2,24,25,26)/t19-,20+/m0/s1. The van der Waals surface area contributed by atoms with Gasteiger partial charge in [0.2, 0.25) is 16.0 Å². The quantitative estimate of drug-likeness (QED) is 0.559. The van der Waals surface area contributed by atoms with Crippen molar-refractivity contribution in [2.75, 3.05) is 5.73 Å². The molecule has 0 unspecified atom stereocenters. The lowest BCUT2D eigenvalue weighted by Gasteiger charge is -2.28. The number of nitrogens with two attached hydrogens (primary N) is 1. The van der Waals surface area contributed by atoms with Gasteiger partial charge in [-0.25, -0.2) is 27.5 Å². The molecule has 1 aliphatic carbocycles. The van der Waals surface area contributed by atoms with Crippen LogP contribution in [0.2, 0.25) is 0 Å². The summed E-state index contributed by atoms with van der Waals surface area (Å²) >= 11 is 0. The average molecular weight is 443 g/mol. The van der Waals surface area contributed by atoms with Crippen molar-refractivity contribution in [1.29, 1.82) is 0 Å². The number of benzene rings is 2. The highest BCUT2D eigenvalue weighted by Gasteiger charge is 2.29. The van der Waals surface area contributed by atoms with Crippen LogP contribution in [0.4, 0.5) is 10.3 Å². The molecule has 1 saturated carbocycles. The summed E-state index contributed by atoms with van der Waals surface area (Å²) in [4.78, 5) is 7.79. The summed E-state index contributed by atoms with van der Waals surface area (Å²) in [6, 6.07) is 10.4. The predicted octanol–water partition coefficient (Wildman–Crippen LogP) is 3.11. The lowest BCUT2D eigenvalue weighted by atomic mass is 9.93. The number of nitrogens with one attached hydrogen (secondary N) is 1. The molecule has 1 heterocycles. The van der Waals surface area contributed by atoms with Crippen LogP contribution in [0.5, 0.6) is 0 Å². The number of hydrogen-bond donors (Lipinski definition) is 3. The third-order valence-corrected chi connectivity index (χ3v) is 7.02. The van der Waals surface area contributed by atoms with Crippen molar-refractivity contribution < 1.29 is 17.9 Å². The van der Waals surface area contributed by atoms with Gasteiger partial charge in [0.1, 0.15) is 5.82 Å². The smallest absolute Gasteiger partial charge is 0.241 e. The van der Waals surface area contributed by atoms with Crippen molar-refractivity contribution in [3.63, 3.8) is 0 Å². The molecule has 4 rings (SSSR count). The fourth-order valence-electron chi connectivity index (χ4n) is 3.84. The number of aliphatic hydroxyl groups is 1. The lowest BCUT2D eigenvalue weighted by molar-refractivity contribution is 0.101. The van der Waals surface area contributed by atoms with E-state index in [1.54, 1.807) is 30.3 Å². The molecule has 1 fully saturated rings. The molecule has 0 aliphatic heterocycles. The number of nitrogen functional groups attached to an aromatic ring is 1. The summed E-state index contributed by atoms with van der Waals surface area (Å²) in [5, 5.41) is 10.2. The van der Waals surface area contributed by atoms with Crippen LogP contribution >= 0.6 is 0 Å². The molecular formula is C22H23FN4O3S. The Hall–Kier alpha value is -2.88. The van der Waals surface area contributed by atoms with Gasteiger partial charge in [-0.3, -0.25) is 0 Å². The maximum atomic E-state index is 14.9. The van der Waals surface area contributed by atoms with Crippen molar-refractivity contribution in [2.45, 2.75) is 42.7 Å². The van der Waals surface area contributed by atoms with Gasteiger partial charge in [-0.2, -0.15) is 0 Å². The van der Waals surface area contributed by atoms with E-state index in [0.717, 1.165) is 12.8 Å². The fraction of sp³-hybridized carbons (Fsp3) is 0.273.